The van der Waals surface area contributed by atoms with Gasteiger partial charge in [0.1, 0.15) is 17.1 Å². The van der Waals surface area contributed by atoms with Crippen LogP contribution in [0.1, 0.15) is 48.7 Å². The van der Waals surface area contributed by atoms with Gasteiger partial charge in [0.05, 0.1) is 32.9 Å². The van der Waals surface area contributed by atoms with Crippen molar-refractivity contribution in [1.29, 1.82) is 0 Å². The number of benzene rings is 2. The number of methoxy groups -OCH3 is 3. The largest absolute Gasteiger partial charge is 0.496 e. The number of nitrogens with zero attached hydrogens (tertiary/aromatic N) is 1. The van der Waals surface area contributed by atoms with Gasteiger partial charge >= 0.3 is 12.0 Å². The van der Waals surface area contributed by atoms with E-state index in [-0.39, 0.29) is 11.6 Å². The smallest absolute Gasteiger partial charge is 0.337 e. The van der Waals surface area contributed by atoms with Gasteiger partial charge in [-0.15, -0.1) is 0 Å². The lowest BCUT2D eigenvalue weighted by Gasteiger charge is -2.35. The first-order chi connectivity index (χ1) is 16.9. The van der Waals surface area contributed by atoms with Crippen molar-refractivity contribution in [2.75, 3.05) is 33.2 Å². The van der Waals surface area contributed by atoms with Gasteiger partial charge in [-0.2, -0.15) is 0 Å². The van der Waals surface area contributed by atoms with E-state index in [0.717, 1.165) is 12.8 Å². The van der Waals surface area contributed by atoms with Crippen molar-refractivity contribution in [3.8, 4) is 11.5 Å². The number of allylic oxidation sites excluding steroid dienone is 1. The Bertz CT molecular complexity index is 1120. The zero-order valence-corrected chi connectivity index (χ0v) is 20.6. The Hall–Kier alpha value is -4.01. The molecule has 3 rings (SSSR count). The normalized spacial score (nSPS) is 15.4. The third-order valence-corrected chi connectivity index (χ3v) is 5.87. The topological polar surface area (TPSA) is 106 Å². The number of esters is 1. The molecule has 2 aromatic carbocycles. The summed E-state index contributed by atoms with van der Waals surface area (Å²) in [6, 6.07) is 11.0. The second kappa shape index (κ2) is 11.4. The molecule has 0 spiro atoms. The van der Waals surface area contributed by atoms with E-state index in [0.29, 0.717) is 40.6 Å². The predicted octanol–water partition coefficient (Wildman–Crippen LogP) is 4.27. The Balaban J connectivity index is 1.96. The van der Waals surface area contributed by atoms with Crippen molar-refractivity contribution in [3.63, 3.8) is 0 Å². The monoisotopic (exact) mass is 481 g/mol. The summed E-state index contributed by atoms with van der Waals surface area (Å²) in [4.78, 5) is 40.2. The molecule has 0 saturated carbocycles. The van der Waals surface area contributed by atoms with Crippen LogP contribution in [0, 0.1) is 0 Å². The van der Waals surface area contributed by atoms with Crippen LogP contribution in [0.15, 0.2) is 53.7 Å². The van der Waals surface area contributed by atoms with Gasteiger partial charge in [-0.05, 0) is 43.2 Å². The van der Waals surface area contributed by atoms with Crippen LogP contribution in [-0.2, 0) is 9.53 Å². The Morgan fingerprint density at radius 1 is 1.06 bits per heavy atom. The number of anilines is 1. The van der Waals surface area contributed by atoms with E-state index < -0.39 is 17.9 Å². The molecular formula is C26H31N3O6. The minimum atomic E-state index is -0.731. The molecule has 35 heavy (non-hydrogen) atoms. The molecule has 0 saturated heterocycles. The quantitative estimate of drug-likeness (QED) is 0.518. The standard InChI is InChI=1S/C26H31N3O6/c1-6-7-14-29-16(2)21(25(31)35-5)23(28-26(29)32)17-10-8-11-18(15-17)27-24(30)22-19(33-3)12-9-13-20(22)34-4/h8-13,15,23H,6-7,14H2,1-5H3,(H,27,30)(H,28,32). The summed E-state index contributed by atoms with van der Waals surface area (Å²) in [5, 5.41) is 5.76. The summed E-state index contributed by atoms with van der Waals surface area (Å²) in [5.41, 5.74) is 2.25. The third kappa shape index (κ3) is 5.40. The van der Waals surface area contributed by atoms with E-state index in [1.54, 1.807) is 54.3 Å². The van der Waals surface area contributed by atoms with Crippen LogP contribution in [-0.4, -0.2) is 50.7 Å². The van der Waals surface area contributed by atoms with Crippen molar-refractivity contribution in [1.82, 2.24) is 10.2 Å². The summed E-state index contributed by atoms with van der Waals surface area (Å²) in [6.07, 6.45) is 1.71. The minimum absolute atomic E-state index is 0.256. The maximum absolute atomic E-state index is 13.1. The molecular weight excluding hydrogens is 450 g/mol. The molecule has 0 radical (unpaired) electrons. The second-order valence-electron chi connectivity index (χ2n) is 8.00. The Labute approximate surface area is 205 Å². The number of nitrogens with one attached hydrogen (secondary N) is 2. The first-order valence-corrected chi connectivity index (χ1v) is 11.4. The Kier molecular flexibility index (Phi) is 8.35. The van der Waals surface area contributed by atoms with E-state index in [2.05, 4.69) is 10.6 Å². The van der Waals surface area contributed by atoms with Gasteiger partial charge in [0.15, 0.2) is 0 Å². The molecule has 2 N–H and O–H groups in total. The fourth-order valence-corrected chi connectivity index (χ4v) is 4.06. The summed E-state index contributed by atoms with van der Waals surface area (Å²) >= 11 is 0. The van der Waals surface area contributed by atoms with Crippen LogP contribution in [0.3, 0.4) is 0 Å². The summed E-state index contributed by atoms with van der Waals surface area (Å²) < 4.78 is 15.7. The molecule has 1 heterocycles. The molecule has 0 fully saturated rings. The average Bonchev–Trinajstić information content (AvgIpc) is 2.87. The summed E-state index contributed by atoms with van der Waals surface area (Å²) in [7, 11) is 4.26. The van der Waals surface area contributed by atoms with E-state index in [1.807, 2.05) is 6.92 Å². The molecule has 3 amide bonds. The summed E-state index contributed by atoms with van der Waals surface area (Å²) in [6.45, 7) is 4.27. The maximum atomic E-state index is 13.1. The van der Waals surface area contributed by atoms with Crippen molar-refractivity contribution in [2.24, 2.45) is 0 Å². The number of urea groups is 1. The Morgan fingerprint density at radius 2 is 1.71 bits per heavy atom. The summed E-state index contributed by atoms with van der Waals surface area (Å²) in [5.74, 6) is -0.204. The fraction of sp³-hybridized carbons (Fsp3) is 0.346. The minimum Gasteiger partial charge on any atom is -0.496 e. The highest BCUT2D eigenvalue weighted by atomic mass is 16.5. The van der Waals surface area contributed by atoms with E-state index in [1.165, 1.54) is 21.3 Å². The van der Waals surface area contributed by atoms with Gasteiger partial charge in [0.2, 0.25) is 0 Å². The number of unbranched alkanes of at least 4 members (excludes halogenated alkanes) is 1. The average molecular weight is 482 g/mol. The van der Waals surface area contributed by atoms with Crippen LogP contribution in [0.25, 0.3) is 0 Å². The molecule has 2 aromatic rings. The molecule has 1 atom stereocenters. The lowest BCUT2D eigenvalue weighted by atomic mass is 9.94. The van der Waals surface area contributed by atoms with Crippen LogP contribution in [0.4, 0.5) is 10.5 Å². The number of carbonyl (C=O) groups excluding carboxylic acids is 3. The number of ether oxygens (including phenoxy) is 3. The van der Waals surface area contributed by atoms with Crippen LogP contribution in [0.5, 0.6) is 11.5 Å². The second-order valence-corrected chi connectivity index (χ2v) is 8.00. The van der Waals surface area contributed by atoms with E-state index in [4.69, 9.17) is 14.2 Å². The van der Waals surface area contributed by atoms with Gasteiger partial charge < -0.3 is 24.8 Å². The van der Waals surface area contributed by atoms with Crippen LogP contribution >= 0.6 is 0 Å². The number of rotatable bonds is 9. The maximum Gasteiger partial charge on any atom is 0.337 e. The molecule has 0 bridgehead atoms. The van der Waals surface area contributed by atoms with E-state index >= 15 is 0 Å². The molecule has 186 valence electrons. The molecule has 9 heteroatoms. The van der Waals surface area contributed by atoms with Gasteiger partial charge in [0.25, 0.3) is 5.91 Å². The predicted molar refractivity (Wildman–Crippen MR) is 132 cm³/mol. The number of carbonyl (C=O) groups is 3. The van der Waals surface area contributed by atoms with Crippen LogP contribution in [0.2, 0.25) is 0 Å². The SMILES string of the molecule is CCCCN1C(=O)NC(c2cccc(NC(=O)c3c(OC)cccc3OC)c2)C(C(=O)OC)=C1C. The van der Waals surface area contributed by atoms with Gasteiger partial charge in [-0.1, -0.05) is 31.5 Å². The van der Waals surface area contributed by atoms with Crippen LogP contribution < -0.4 is 20.1 Å². The molecule has 1 aliphatic heterocycles. The first kappa shape index (κ1) is 25.6. The van der Waals surface area contributed by atoms with Crippen molar-refractivity contribution in [2.45, 2.75) is 32.7 Å². The number of amides is 3. The van der Waals surface area contributed by atoms with Crippen molar-refractivity contribution >= 4 is 23.6 Å². The molecule has 1 aliphatic rings. The van der Waals surface area contributed by atoms with Gasteiger partial charge in [0, 0.05) is 17.9 Å². The number of hydrogen-bond acceptors (Lipinski definition) is 6. The third-order valence-electron chi connectivity index (χ3n) is 5.87. The number of hydrogen-bond donors (Lipinski definition) is 2. The zero-order valence-electron chi connectivity index (χ0n) is 20.6. The van der Waals surface area contributed by atoms with Gasteiger partial charge in [-0.25, -0.2) is 9.59 Å². The van der Waals surface area contributed by atoms with E-state index in [9.17, 15) is 14.4 Å². The van der Waals surface area contributed by atoms with Gasteiger partial charge in [-0.3, -0.25) is 9.69 Å². The highest BCUT2D eigenvalue weighted by Gasteiger charge is 2.36. The Morgan fingerprint density at radius 3 is 2.31 bits per heavy atom. The molecule has 1 unspecified atom stereocenters. The lowest BCUT2D eigenvalue weighted by molar-refractivity contribution is -0.136. The molecule has 0 aromatic heterocycles. The molecule has 0 aliphatic carbocycles. The van der Waals surface area contributed by atoms with Crippen molar-refractivity contribution in [3.05, 3.63) is 64.9 Å². The highest BCUT2D eigenvalue weighted by Crippen LogP contribution is 2.33. The zero-order chi connectivity index (χ0) is 25.5. The highest BCUT2D eigenvalue weighted by molar-refractivity contribution is 6.08. The fourth-order valence-electron chi connectivity index (χ4n) is 4.06. The lowest BCUT2D eigenvalue weighted by Crippen LogP contribution is -2.48. The van der Waals surface area contributed by atoms with Crippen molar-refractivity contribution < 1.29 is 28.6 Å². The molecule has 9 nitrogen and oxygen atoms in total. The first-order valence-electron chi connectivity index (χ1n) is 11.4.